The Bertz CT molecular complexity index is 56.3. The van der Waals surface area contributed by atoms with Gasteiger partial charge in [0.15, 0.2) is 0 Å². The van der Waals surface area contributed by atoms with E-state index < -0.39 is 0 Å². The number of nitrogens with zero attached hydrogens (tertiary/aromatic N) is 1. The summed E-state index contributed by atoms with van der Waals surface area (Å²) in [7, 11) is 0. The third kappa shape index (κ3) is 3.80. The van der Waals surface area contributed by atoms with Gasteiger partial charge in [-0.3, -0.25) is 0 Å². The largest absolute Gasteiger partial charge is 0.330 e. The van der Waals surface area contributed by atoms with Crippen LogP contribution in [-0.4, -0.2) is 12.3 Å². The van der Waals surface area contributed by atoms with Crippen molar-refractivity contribution in [2.75, 3.05) is 12.3 Å². The zero-order valence-corrected chi connectivity index (χ0v) is 4.16. The Morgan fingerprint density at radius 2 is 2.50 bits per heavy atom. The molecule has 2 nitrogen and oxygen atoms in total. The molecule has 0 fully saturated rings. The molecule has 0 aromatic carbocycles. The molecule has 0 heterocycles. The molecule has 0 amide bonds. The molecular weight excluding hydrogens is 96.1 g/mol. The Morgan fingerprint density at radius 3 is 2.67 bits per heavy atom. The Hall–Kier alpha value is -0.200. The van der Waals surface area contributed by atoms with Crippen molar-refractivity contribution in [3.63, 3.8) is 0 Å². The smallest absolute Gasteiger partial charge is 0.133 e. The number of hydrogen-bond donors (Lipinski definition) is 1. The van der Waals surface area contributed by atoms with Crippen LogP contribution in [0.1, 0.15) is 0 Å². The molecule has 6 heavy (non-hydrogen) atoms. The van der Waals surface area contributed by atoms with Crippen molar-refractivity contribution in [2.45, 2.75) is 0 Å². The highest BCUT2D eigenvalue weighted by molar-refractivity contribution is 8.03. The van der Waals surface area contributed by atoms with E-state index in [1.807, 2.05) is 5.40 Å². The molecule has 0 aromatic heterocycles. The van der Waals surface area contributed by atoms with E-state index in [1.165, 1.54) is 11.8 Å². The average molecular weight is 102 g/mol. The van der Waals surface area contributed by atoms with Gasteiger partial charge >= 0.3 is 0 Å². The molecule has 34 valence electrons. The van der Waals surface area contributed by atoms with Gasteiger partial charge in [-0.25, -0.2) is 0 Å². The number of thiocyanates is 1. The molecule has 0 aliphatic rings. The van der Waals surface area contributed by atoms with Crippen molar-refractivity contribution in [3.8, 4) is 5.40 Å². The predicted molar refractivity (Wildman–Crippen MR) is 27.1 cm³/mol. The molecule has 0 saturated heterocycles. The second-order valence-electron chi connectivity index (χ2n) is 0.728. The molecule has 0 spiro atoms. The van der Waals surface area contributed by atoms with Crippen molar-refractivity contribution in [1.29, 1.82) is 5.26 Å². The lowest BCUT2D eigenvalue weighted by molar-refractivity contribution is 1.15. The SMILES string of the molecule is N#CSCCN. The van der Waals surface area contributed by atoms with Gasteiger partial charge in [0.2, 0.25) is 0 Å². The maximum Gasteiger partial charge on any atom is 0.133 e. The van der Waals surface area contributed by atoms with Gasteiger partial charge < -0.3 is 5.73 Å². The molecule has 0 rings (SSSR count). The van der Waals surface area contributed by atoms with E-state index >= 15 is 0 Å². The molecule has 2 N–H and O–H groups in total. The van der Waals surface area contributed by atoms with Crippen molar-refractivity contribution in [1.82, 2.24) is 0 Å². The van der Waals surface area contributed by atoms with Gasteiger partial charge in [0.25, 0.3) is 0 Å². The van der Waals surface area contributed by atoms with Crippen molar-refractivity contribution in [3.05, 3.63) is 0 Å². The van der Waals surface area contributed by atoms with Crippen LogP contribution in [0.2, 0.25) is 0 Å². The fourth-order valence-corrected chi connectivity index (χ4v) is 0.314. The van der Waals surface area contributed by atoms with Crippen LogP contribution in [0.3, 0.4) is 0 Å². The van der Waals surface area contributed by atoms with Gasteiger partial charge in [-0.2, -0.15) is 5.26 Å². The minimum Gasteiger partial charge on any atom is -0.330 e. The molecule has 0 radical (unpaired) electrons. The number of rotatable bonds is 2. The second kappa shape index (κ2) is 4.80. The number of hydrogen-bond acceptors (Lipinski definition) is 3. The summed E-state index contributed by atoms with van der Waals surface area (Å²) in [6, 6.07) is 0. The summed E-state index contributed by atoms with van der Waals surface area (Å²) in [6.45, 7) is 0.595. The van der Waals surface area contributed by atoms with Crippen molar-refractivity contribution >= 4 is 11.8 Å². The second-order valence-corrected chi connectivity index (χ2v) is 1.61. The summed E-state index contributed by atoms with van der Waals surface area (Å²) in [5.74, 6) is 0.747. The summed E-state index contributed by atoms with van der Waals surface area (Å²) in [5.41, 5.74) is 5.04. The van der Waals surface area contributed by atoms with E-state index in [0.29, 0.717) is 6.54 Å². The minimum absolute atomic E-state index is 0.595. The third-order valence-electron chi connectivity index (χ3n) is 0.284. The first-order chi connectivity index (χ1) is 2.91. The monoisotopic (exact) mass is 102 g/mol. The van der Waals surface area contributed by atoms with Crippen molar-refractivity contribution < 1.29 is 0 Å². The van der Waals surface area contributed by atoms with Gasteiger partial charge in [-0.1, -0.05) is 0 Å². The molecule has 0 bridgehead atoms. The third-order valence-corrected chi connectivity index (χ3v) is 0.853. The van der Waals surface area contributed by atoms with Gasteiger partial charge in [0.1, 0.15) is 5.40 Å². The molecular formula is C3H6N2S. The zero-order chi connectivity index (χ0) is 4.83. The average Bonchev–Trinajstić information content (AvgIpc) is 1.61. The fourth-order valence-electron chi connectivity index (χ4n) is 0.105. The van der Waals surface area contributed by atoms with Crippen LogP contribution < -0.4 is 5.73 Å². The van der Waals surface area contributed by atoms with E-state index in [4.69, 9.17) is 11.0 Å². The molecule has 0 atom stereocenters. The Labute approximate surface area is 41.3 Å². The molecule has 0 aliphatic carbocycles. The van der Waals surface area contributed by atoms with Crippen LogP contribution in [0.25, 0.3) is 0 Å². The lowest BCUT2D eigenvalue weighted by Crippen LogP contribution is -1.99. The highest BCUT2D eigenvalue weighted by Gasteiger charge is 1.74. The molecule has 0 aliphatic heterocycles. The van der Waals surface area contributed by atoms with Crippen LogP contribution in [0, 0.1) is 10.7 Å². The summed E-state index contributed by atoms with van der Waals surface area (Å²) in [4.78, 5) is 0. The number of nitriles is 1. The van der Waals surface area contributed by atoms with Crippen LogP contribution in [0.4, 0.5) is 0 Å². The Balaban J connectivity index is 2.54. The van der Waals surface area contributed by atoms with E-state index in [9.17, 15) is 0 Å². The standard InChI is InChI=1S/C3H6N2S/c4-1-2-6-3-5/h1-2,4H2. The van der Waals surface area contributed by atoms with E-state index in [-0.39, 0.29) is 0 Å². The Kier molecular flexibility index (Phi) is 4.64. The lowest BCUT2D eigenvalue weighted by Gasteiger charge is -1.78. The van der Waals surface area contributed by atoms with E-state index in [2.05, 4.69) is 0 Å². The van der Waals surface area contributed by atoms with Crippen LogP contribution in [0.15, 0.2) is 0 Å². The summed E-state index contributed by atoms with van der Waals surface area (Å²) >= 11 is 1.19. The number of thioether (sulfide) groups is 1. The first kappa shape index (κ1) is 5.80. The van der Waals surface area contributed by atoms with Gasteiger partial charge in [-0.15, -0.1) is 0 Å². The maximum atomic E-state index is 7.85. The molecule has 0 aromatic rings. The van der Waals surface area contributed by atoms with E-state index in [0.717, 1.165) is 5.75 Å². The normalized spacial score (nSPS) is 7.33. The van der Waals surface area contributed by atoms with Gasteiger partial charge in [0.05, 0.1) is 0 Å². The predicted octanol–water partition coefficient (Wildman–Crippen LogP) is 0.159. The molecule has 0 saturated carbocycles. The van der Waals surface area contributed by atoms with Crippen LogP contribution >= 0.6 is 11.8 Å². The molecule has 3 heteroatoms. The summed E-state index contributed by atoms with van der Waals surface area (Å²) in [6.07, 6.45) is 0. The minimum atomic E-state index is 0.595. The van der Waals surface area contributed by atoms with Gasteiger partial charge in [-0.05, 0) is 11.8 Å². The summed E-state index contributed by atoms with van der Waals surface area (Å²) in [5, 5.41) is 9.76. The van der Waals surface area contributed by atoms with Crippen LogP contribution in [0.5, 0.6) is 0 Å². The van der Waals surface area contributed by atoms with E-state index in [1.54, 1.807) is 0 Å². The molecule has 0 unspecified atom stereocenters. The Morgan fingerprint density at radius 1 is 1.83 bits per heavy atom. The zero-order valence-electron chi connectivity index (χ0n) is 3.35. The lowest BCUT2D eigenvalue weighted by atomic mass is 10.8. The van der Waals surface area contributed by atoms with Crippen molar-refractivity contribution in [2.24, 2.45) is 5.73 Å². The first-order valence-corrected chi connectivity index (χ1v) is 2.61. The summed E-state index contributed by atoms with van der Waals surface area (Å²) < 4.78 is 0. The van der Waals surface area contributed by atoms with Gasteiger partial charge in [0, 0.05) is 12.3 Å². The highest BCUT2D eigenvalue weighted by atomic mass is 32.2. The first-order valence-electron chi connectivity index (χ1n) is 1.62. The quantitative estimate of drug-likeness (QED) is 0.399. The topological polar surface area (TPSA) is 49.8 Å². The maximum absolute atomic E-state index is 7.85. The highest BCUT2D eigenvalue weighted by Crippen LogP contribution is 1.89. The fraction of sp³-hybridized carbons (Fsp3) is 0.667. The van der Waals surface area contributed by atoms with Crippen LogP contribution in [-0.2, 0) is 0 Å². The number of nitrogens with two attached hydrogens (primary N) is 1.